The van der Waals surface area contributed by atoms with Crippen LogP contribution in [0.4, 0.5) is 5.82 Å². The molecule has 0 amide bonds. The van der Waals surface area contributed by atoms with Gasteiger partial charge in [0.05, 0.1) is 23.4 Å². The Morgan fingerprint density at radius 3 is 2.65 bits per heavy atom. The van der Waals surface area contributed by atoms with Gasteiger partial charge in [0.2, 0.25) is 0 Å². The molecule has 11 heteroatoms. The lowest BCUT2D eigenvalue weighted by Crippen LogP contribution is -2.52. The molecule has 34 heavy (non-hydrogen) atoms. The smallest absolute Gasteiger partial charge is 0.345 e. The maximum Gasteiger partial charge on any atom is 0.345 e. The van der Waals surface area contributed by atoms with Crippen molar-refractivity contribution in [3.63, 3.8) is 0 Å². The Kier molecular flexibility index (Phi) is 5.75. The third-order valence-corrected chi connectivity index (χ3v) is 6.42. The lowest BCUT2D eigenvalue weighted by atomic mass is 9.88. The molecule has 174 valence electrons. The lowest BCUT2D eigenvalue weighted by Gasteiger charge is -2.47. The second kappa shape index (κ2) is 8.73. The van der Waals surface area contributed by atoms with Gasteiger partial charge in [0.25, 0.3) is 5.56 Å². The standard InChI is InChI=1S/C23H20Cl2N6O3/c1-3-34-23(33)16-19(25)26-12-27-20(16)29-11-13(2)17(29)21-28-30-10-9-15(24)18(30)22(32)31(21)14-7-5-4-6-8-14/h4-10,12-13,17H,3,11H2,1-2H3/t13-,17?/m0/s1. The molecule has 0 saturated carbocycles. The van der Waals surface area contributed by atoms with Gasteiger partial charge in [0, 0.05) is 18.7 Å². The Hall–Kier alpha value is -3.43. The zero-order chi connectivity index (χ0) is 24.0. The molecular weight excluding hydrogens is 479 g/mol. The second-order valence-corrected chi connectivity index (χ2v) is 8.71. The number of carbonyl (C=O) groups excluding carboxylic acids is 1. The van der Waals surface area contributed by atoms with Gasteiger partial charge in [-0.1, -0.05) is 48.3 Å². The quantitative estimate of drug-likeness (QED) is 0.303. The third-order valence-electron chi connectivity index (χ3n) is 5.83. The van der Waals surface area contributed by atoms with E-state index in [9.17, 15) is 9.59 Å². The summed E-state index contributed by atoms with van der Waals surface area (Å²) in [5.74, 6) is 0.303. The van der Waals surface area contributed by atoms with E-state index in [2.05, 4.69) is 9.97 Å². The van der Waals surface area contributed by atoms with Crippen LogP contribution in [-0.2, 0) is 4.74 Å². The number of fused-ring (bicyclic) bond motifs is 1. The fraction of sp³-hybridized carbons (Fsp3) is 0.261. The first-order valence-electron chi connectivity index (χ1n) is 10.7. The summed E-state index contributed by atoms with van der Waals surface area (Å²) in [6.45, 7) is 4.51. The molecule has 1 aromatic carbocycles. The van der Waals surface area contributed by atoms with Crippen LogP contribution < -0.4 is 10.5 Å². The summed E-state index contributed by atoms with van der Waals surface area (Å²) in [6, 6.07) is 10.5. The van der Waals surface area contributed by atoms with Crippen LogP contribution in [0.1, 0.15) is 36.1 Å². The summed E-state index contributed by atoms with van der Waals surface area (Å²) in [5.41, 5.74) is 0.725. The van der Waals surface area contributed by atoms with Crippen LogP contribution in [0.15, 0.2) is 53.7 Å². The average Bonchev–Trinajstić information content (AvgIpc) is 3.18. The molecule has 0 N–H and O–H groups in total. The number of benzene rings is 1. The van der Waals surface area contributed by atoms with Gasteiger partial charge in [-0.2, -0.15) is 5.10 Å². The predicted octanol–water partition coefficient (Wildman–Crippen LogP) is 3.96. The molecule has 0 aliphatic carbocycles. The van der Waals surface area contributed by atoms with Crippen molar-refractivity contribution in [2.75, 3.05) is 18.1 Å². The van der Waals surface area contributed by atoms with Crippen molar-refractivity contribution in [3.05, 3.63) is 80.8 Å². The average molecular weight is 499 g/mol. The molecule has 1 aliphatic heterocycles. The minimum Gasteiger partial charge on any atom is -0.462 e. The highest BCUT2D eigenvalue weighted by atomic mass is 35.5. The maximum absolute atomic E-state index is 13.6. The van der Waals surface area contributed by atoms with E-state index >= 15 is 0 Å². The molecule has 0 radical (unpaired) electrons. The van der Waals surface area contributed by atoms with Crippen molar-refractivity contribution < 1.29 is 9.53 Å². The molecule has 3 aromatic heterocycles. The van der Waals surface area contributed by atoms with Crippen LogP contribution in [-0.4, -0.2) is 43.3 Å². The SMILES string of the molecule is CCOC(=O)c1c(Cl)ncnc1N1C[C@H](C)C1c1nn2ccc(Cl)c2c(=O)n1-c1ccccc1. The summed E-state index contributed by atoms with van der Waals surface area (Å²) in [5, 5.41) is 5.10. The number of rotatable bonds is 5. The molecule has 4 heterocycles. The molecule has 0 spiro atoms. The van der Waals surface area contributed by atoms with E-state index in [0.717, 1.165) is 0 Å². The van der Waals surface area contributed by atoms with Crippen LogP contribution in [0.25, 0.3) is 11.2 Å². The number of aromatic nitrogens is 5. The molecule has 2 atom stereocenters. The van der Waals surface area contributed by atoms with E-state index in [1.807, 2.05) is 42.2 Å². The fourth-order valence-corrected chi connectivity index (χ4v) is 4.75. The molecule has 4 aromatic rings. The number of hydrogen-bond donors (Lipinski definition) is 0. The number of carbonyl (C=O) groups is 1. The van der Waals surface area contributed by atoms with Crippen molar-refractivity contribution >= 4 is 40.5 Å². The molecule has 1 aliphatic rings. The highest BCUT2D eigenvalue weighted by Gasteiger charge is 2.43. The molecule has 1 unspecified atom stereocenters. The topological polar surface area (TPSA) is 94.6 Å². The number of nitrogens with zero attached hydrogens (tertiary/aromatic N) is 6. The number of ether oxygens (including phenoxy) is 1. The zero-order valence-electron chi connectivity index (χ0n) is 18.4. The molecular formula is C23H20Cl2N6O3. The van der Waals surface area contributed by atoms with Crippen LogP contribution in [0.2, 0.25) is 10.2 Å². The van der Waals surface area contributed by atoms with Crippen molar-refractivity contribution in [1.82, 2.24) is 24.1 Å². The van der Waals surface area contributed by atoms with E-state index in [-0.39, 0.29) is 40.4 Å². The van der Waals surface area contributed by atoms with E-state index < -0.39 is 5.97 Å². The van der Waals surface area contributed by atoms with Crippen LogP contribution >= 0.6 is 23.2 Å². The minimum atomic E-state index is -0.609. The summed E-state index contributed by atoms with van der Waals surface area (Å²) < 4.78 is 8.23. The van der Waals surface area contributed by atoms with Gasteiger partial charge in [-0.25, -0.2) is 19.3 Å². The first-order chi connectivity index (χ1) is 16.4. The first-order valence-corrected chi connectivity index (χ1v) is 11.5. The molecule has 5 rings (SSSR count). The Morgan fingerprint density at radius 1 is 1.18 bits per heavy atom. The van der Waals surface area contributed by atoms with E-state index in [0.29, 0.717) is 28.9 Å². The van der Waals surface area contributed by atoms with Crippen LogP contribution in [0, 0.1) is 5.92 Å². The Balaban J connectivity index is 1.72. The monoisotopic (exact) mass is 498 g/mol. The summed E-state index contributed by atoms with van der Waals surface area (Å²) in [4.78, 5) is 36.5. The Morgan fingerprint density at radius 2 is 1.94 bits per heavy atom. The van der Waals surface area contributed by atoms with E-state index in [1.165, 1.54) is 10.8 Å². The first kappa shape index (κ1) is 22.4. The summed E-state index contributed by atoms with van der Waals surface area (Å²) in [6.07, 6.45) is 2.95. The van der Waals surface area contributed by atoms with Gasteiger partial charge in [-0.05, 0) is 25.1 Å². The Labute approximate surface area is 204 Å². The fourth-order valence-electron chi connectivity index (χ4n) is 4.32. The Bertz CT molecular complexity index is 1450. The van der Waals surface area contributed by atoms with Gasteiger partial charge in [0.1, 0.15) is 28.4 Å². The number of para-hydroxylation sites is 1. The van der Waals surface area contributed by atoms with Gasteiger partial charge in [-0.15, -0.1) is 0 Å². The molecule has 1 fully saturated rings. The van der Waals surface area contributed by atoms with Crippen molar-refractivity contribution in [2.24, 2.45) is 5.92 Å². The number of halogens is 2. The largest absolute Gasteiger partial charge is 0.462 e. The number of anilines is 1. The van der Waals surface area contributed by atoms with Crippen LogP contribution in [0.3, 0.4) is 0 Å². The van der Waals surface area contributed by atoms with Gasteiger partial charge < -0.3 is 9.64 Å². The normalized spacial score (nSPS) is 17.6. The molecule has 0 bridgehead atoms. The minimum absolute atomic E-state index is 0.00260. The van der Waals surface area contributed by atoms with Gasteiger partial charge >= 0.3 is 5.97 Å². The number of esters is 1. The van der Waals surface area contributed by atoms with Crippen molar-refractivity contribution in [1.29, 1.82) is 0 Å². The second-order valence-electron chi connectivity index (χ2n) is 7.95. The summed E-state index contributed by atoms with van der Waals surface area (Å²) >= 11 is 12.6. The number of hydrogen-bond acceptors (Lipinski definition) is 7. The van der Waals surface area contributed by atoms with Crippen LogP contribution in [0.5, 0.6) is 0 Å². The van der Waals surface area contributed by atoms with E-state index in [1.54, 1.807) is 23.8 Å². The highest BCUT2D eigenvalue weighted by molar-refractivity contribution is 6.34. The highest BCUT2D eigenvalue weighted by Crippen LogP contribution is 2.43. The van der Waals surface area contributed by atoms with Crippen molar-refractivity contribution in [2.45, 2.75) is 19.9 Å². The van der Waals surface area contributed by atoms with Gasteiger partial charge in [0.15, 0.2) is 5.82 Å². The zero-order valence-corrected chi connectivity index (χ0v) is 19.9. The summed E-state index contributed by atoms with van der Waals surface area (Å²) in [7, 11) is 0. The lowest BCUT2D eigenvalue weighted by molar-refractivity contribution is 0.0525. The maximum atomic E-state index is 13.6. The molecule has 1 saturated heterocycles. The third kappa shape index (κ3) is 3.52. The predicted molar refractivity (Wildman–Crippen MR) is 128 cm³/mol. The van der Waals surface area contributed by atoms with Crippen molar-refractivity contribution in [3.8, 4) is 5.69 Å². The van der Waals surface area contributed by atoms with E-state index in [4.69, 9.17) is 33.0 Å². The van der Waals surface area contributed by atoms with Gasteiger partial charge in [-0.3, -0.25) is 9.36 Å². The molecule has 9 nitrogen and oxygen atoms in total.